The number of hydrogen-bond acceptors (Lipinski definition) is 6. The topological polar surface area (TPSA) is 48.2 Å². The molecule has 0 saturated heterocycles. The van der Waals surface area contributed by atoms with Crippen molar-refractivity contribution in [1.82, 2.24) is 10.2 Å². The summed E-state index contributed by atoms with van der Waals surface area (Å²) in [6.45, 7) is 2.30. The quantitative estimate of drug-likeness (QED) is 0.549. The first-order valence-corrected chi connectivity index (χ1v) is 10.3. The zero-order chi connectivity index (χ0) is 18.1. The van der Waals surface area contributed by atoms with Crippen molar-refractivity contribution in [2.75, 3.05) is 7.11 Å². The number of halogens is 1. The second-order valence-corrected chi connectivity index (χ2v) is 8.60. The highest BCUT2D eigenvalue weighted by atomic mass is 32.2. The van der Waals surface area contributed by atoms with E-state index in [4.69, 9.17) is 9.15 Å². The lowest BCUT2D eigenvalue weighted by atomic mass is 9.90. The average molecular weight is 391 g/mol. The maximum absolute atomic E-state index is 13.8. The molecule has 3 aromatic rings. The largest absolute Gasteiger partial charge is 0.494 e. The highest BCUT2D eigenvalue weighted by molar-refractivity contribution is 7.98. The number of benzene rings is 1. The van der Waals surface area contributed by atoms with Crippen LogP contribution in [0.4, 0.5) is 4.39 Å². The lowest BCUT2D eigenvalue weighted by Crippen LogP contribution is -2.07. The molecule has 0 aliphatic heterocycles. The van der Waals surface area contributed by atoms with Gasteiger partial charge in [-0.15, -0.1) is 21.5 Å². The Morgan fingerprint density at radius 2 is 2.23 bits per heavy atom. The fraction of sp³-hybridized carbons (Fsp3) is 0.368. The minimum Gasteiger partial charge on any atom is -0.494 e. The smallest absolute Gasteiger partial charge is 0.277 e. The number of hydrogen-bond donors (Lipinski definition) is 0. The van der Waals surface area contributed by atoms with E-state index < -0.39 is 0 Å². The van der Waals surface area contributed by atoms with Gasteiger partial charge in [-0.2, -0.15) is 0 Å². The molecule has 136 valence electrons. The molecule has 0 fully saturated rings. The van der Waals surface area contributed by atoms with Gasteiger partial charge >= 0.3 is 0 Å². The van der Waals surface area contributed by atoms with Crippen molar-refractivity contribution in [2.45, 2.75) is 37.2 Å². The van der Waals surface area contributed by atoms with Crippen LogP contribution in [0, 0.1) is 11.7 Å². The molecule has 2 aromatic heterocycles. The number of thioether (sulfide) groups is 1. The van der Waals surface area contributed by atoms with Crippen molar-refractivity contribution in [2.24, 2.45) is 5.92 Å². The number of nitrogens with zero attached hydrogens (tertiary/aromatic N) is 2. The van der Waals surface area contributed by atoms with E-state index in [1.165, 1.54) is 41.8 Å². The van der Waals surface area contributed by atoms with E-state index in [1.54, 1.807) is 17.4 Å². The lowest BCUT2D eigenvalue weighted by molar-refractivity contribution is 0.386. The van der Waals surface area contributed by atoms with Gasteiger partial charge in [-0.05, 0) is 54.5 Å². The van der Waals surface area contributed by atoms with Gasteiger partial charge in [0.1, 0.15) is 0 Å². The maximum atomic E-state index is 13.8. The van der Waals surface area contributed by atoms with E-state index >= 15 is 0 Å². The van der Waals surface area contributed by atoms with Crippen molar-refractivity contribution in [3.63, 3.8) is 0 Å². The summed E-state index contributed by atoms with van der Waals surface area (Å²) in [5.74, 6) is 1.75. The minimum absolute atomic E-state index is 0.245. The number of ether oxygens (including phenoxy) is 1. The van der Waals surface area contributed by atoms with Crippen molar-refractivity contribution >= 4 is 23.1 Å². The van der Waals surface area contributed by atoms with Crippen molar-refractivity contribution in [1.29, 1.82) is 0 Å². The van der Waals surface area contributed by atoms with Gasteiger partial charge in [-0.25, -0.2) is 4.39 Å². The molecule has 1 aliphatic rings. The number of rotatable bonds is 5. The second-order valence-electron chi connectivity index (χ2n) is 6.54. The fourth-order valence-electron chi connectivity index (χ4n) is 3.12. The molecule has 0 radical (unpaired) electrons. The van der Waals surface area contributed by atoms with Crippen LogP contribution in [-0.4, -0.2) is 17.3 Å². The summed E-state index contributed by atoms with van der Waals surface area (Å²) in [7, 11) is 1.45. The molecule has 1 aliphatic carbocycles. The first kappa shape index (κ1) is 17.5. The van der Waals surface area contributed by atoms with Crippen LogP contribution in [0.25, 0.3) is 10.8 Å². The first-order chi connectivity index (χ1) is 12.6. The molecule has 1 atom stereocenters. The van der Waals surface area contributed by atoms with Gasteiger partial charge in [-0.3, -0.25) is 0 Å². The Bertz CT molecular complexity index is 922. The van der Waals surface area contributed by atoms with Crippen molar-refractivity contribution in [3.05, 3.63) is 46.1 Å². The molecule has 0 N–H and O–H groups in total. The Morgan fingerprint density at radius 1 is 1.35 bits per heavy atom. The van der Waals surface area contributed by atoms with Gasteiger partial charge in [0, 0.05) is 10.6 Å². The average Bonchev–Trinajstić information content (AvgIpc) is 3.26. The van der Waals surface area contributed by atoms with Crippen LogP contribution in [0.15, 0.2) is 33.9 Å². The third-order valence-corrected chi connectivity index (χ3v) is 6.64. The molecule has 0 saturated carbocycles. The maximum Gasteiger partial charge on any atom is 0.277 e. The third kappa shape index (κ3) is 3.64. The van der Waals surface area contributed by atoms with E-state index in [-0.39, 0.29) is 11.6 Å². The van der Waals surface area contributed by atoms with E-state index in [0.29, 0.717) is 16.9 Å². The van der Waals surface area contributed by atoms with Crippen LogP contribution in [-0.2, 0) is 18.6 Å². The zero-order valence-electron chi connectivity index (χ0n) is 14.6. The monoisotopic (exact) mass is 390 g/mol. The molecule has 2 heterocycles. The normalized spacial score (nSPS) is 16.5. The highest BCUT2D eigenvalue weighted by Crippen LogP contribution is 2.37. The minimum atomic E-state index is -0.366. The molecule has 4 nitrogen and oxygen atoms in total. The number of aryl methyl sites for hydroxylation is 1. The Kier molecular flexibility index (Phi) is 5.00. The second kappa shape index (κ2) is 7.40. The number of fused-ring (bicyclic) bond motifs is 1. The van der Waals surface area contributed by atoms with Crippen molar-refractivity contribution in [3.8, 4) is 16.5 Å². The Labute approximate surface area is 159 Å². The number of thiophene rings is 1. The number of aromatic nitrogens is 2. The van der Waals surface area contributed by atoms with E-state index in [0.717, 1.165) is 29.2 Å². The third-order valence-electron chi connectivity index (χ3n) is 4.52. The van der Waals surface area contributed by atoms with Crippen LogP contribution >= 0.6 is 23.1 Å². The first-order valence-electron chi connectivity index (χ1n) is 8.53. The van der Waals surface area contributed by atoms with Gasteiger partial charge in [0.05, 0.1) is 12.0 Å². The zero-order valence-corrected chi connectivity index (χ0v) is 16.3. The fourth-order valence-corrected chi connectivity index (χ4v) is 4.96. The van der Waals surface area contributed by atoms with Crippen LogP contribution in [0.3, 0.4) is 0 Å². The van der Waals surface area contributed by atoms with Gasteiger partial charge in [0.15, 0.2) is 11.6 Å². The molecule has 26 heavy (non-hydrogen) atoms. The SMILES string of the molecule is COc1ccc(CSc2nnc(-c3cc4c(s3)CCC(C)C4)o2)cc1F. The summed E-state index contributed by atoms with van der Waals surface area (Å²) in [5, 5.41) is 8.80. The van der Waals surface area contributed by atoms with Gasteiger partial charge in [0.25, 0.3) is 11.1 Å². The van der Waals surface area contributed by atoms with E-state index in [2.05, 4.69) is 23.2 Å². The summed E-state index contributed by atoms with van der Waals surface area (Å²) < 4.78 is 24.5. The predicted molar refractivity (Wildman–Crippen MR) is 101 cm³/mol. The molecule has 0 bridgehead atoms. The molecule has 1 unspecified atom stereocenters. The molecule has 7 heteroatoms. The van der Waals surface area contributed by atoms with Gasteiger partial charge < -0.3 is 9.15 Å². The summed E-state index contributed by atoms with van der Waals surface area (Å²) in [6.07, 6.45) is 3.51. The molecule has 1 aromatic carbocycles. The van der Waals surface area contributed by atoms with Crippen LogP contribution < -0.4 is 4.74 Å². The summed E-state index contributed by atoms with van der Waals surface area (Å²) >= 11 is 3.16. The predicted octanol–water partition coefficient (Wildman–Crippen LogP) is 5.36. The van der Waals surface area contributed by atoms with Gasteiger partial charge in [0.2, 0.25) is 0 Å². The van der Waals surface area contributed by atoms with Crippen LogP contribution in [0.1, 0.15) is 29.3 Å². The Balaban J connectivity index is 1.44. The van der Waals surface area contributed by atoms with E-state index in [9.17, 15) is 4.39 Å². The summed E-state index contributed by atoms with van der Waals surface area (Å²) in [6, 6.07) is 7.12. The van der Waals surface area contributed by atoms with Crippen LogP contribution in [0.2, 0.25) is 0 Å². The molecular weight excluding hydrogens is 371 g/mol. The lowest BCUT2D eigenvalue weighted by Gasteiger charge is -2.16. The summed E-state index contributed by atoms with van der Waals surface area (Å²) in [5.41, 5.74) is 2.26. The standard InChI is InChI=1S/C19H19FN2O2S2/c1-11-3-6-16-13(7-11)9-17(26-16)18-21-22-19(24-18)25-10-12-4-5-15(23-2)14(20)8-12/h4-5,8-9,11H,3,6-7,10H2,1-2H3. The summed E-state index contributed by atoms with van der Waals surface area (Å²) in [4.78, 5) is 2.48. The molecule has 0 amide bonds. The highest BCUT2D eigenvalue weighted by Gasteiger charge is 2.21. The van der Waals surface area contributed by atoms with E-state index in [1.807, 2.05) is 6.07 Å². The molecule has 4 rings (SSSR count). The van der Waals surface area contributed by atoms with Gasteiger partial charge in [-0.1, -0.05) is 24.8 Å². The molecule has 0 spiro atoms. The van der Waals surface area contributed by atoms with Crippen molar-refractivity contribution < 1.29 is 13.5 Å². The molecular formula is C19H19FN2O2S2. The Morgan fingerprint density at radius 3 is 3.04 bits per heavy atom. The Hall–Kier alpha value is -1.86. The number of methoxy groups -OCH3 is 1. The van der Waals surface area contributed by atoms with Crippen LogP contribution in [0.5, 0.6) is 5.75 Å².